The first kappa shape index (κ1) is 17.7. The average molecular weight is 416 g/mol. The van der Waals surface area contributed by atoms with E-state index in [-0.39, 0.29) is 5.75 Å². The molecule has 3 heterocycles. The highest BCUT2D eigenvalue weighted by atomic mass is 79.9. The minimum absolute atomic E-state index is 0.103. The van der Waals surface area contributed by atoms with Crippen molar-refractivity contribution in [1.82, 2.24) is 14.4 Å². The van der Waals surface area contributed by atoms with E-state index in [1.807, 2.05) is 0 Å². The van der Waals surface area contributed by atoms with Gasteiger partial charge >= 0.3 is 6.18 Å². The molecule has 0 amide bonds. The molecule has 0 saturated heterocycles. The third kappa shape index (κ3) is 2.98. The van der Waals surface area contributed by atoms with Gasteiger partial charge in [0, 0.05) is 12.3 Å². The van der Waals surface area contributed by atoms with Gasteiger partial charge in [0.2, 0.25) is 0 Å². The predicted octanol–water partition coefficient (Wildman–Crippen LogP) is 3.94. The molecule has 0 aliphatic heterocycles. The van der Waals surface area contributed by atoms with E-state index in [4.69, 9.17) is 4.74 Å². The molecule has 5 nitrogen and oxygen atoms in total. The number of halogens is 4. The Bertz CT molecular complexity index is 938. The van der Waals surface area contributed by atoms with Crippen molar-refractivity contribution in [2.45, 2.75) is 18.7 Å². The smallest absolute Gasteiger partial charge is 0.421 e. The molecule has 1 N–H and O–H groups in total. The first-order valence-electron chi connectivity index (χ1n) is 7.13. The van der Waals surface area contributed by atoms with E-state index in [2.05, 4.69) is 25.9 Å². The van der Waals surface area contributed by atoms with Crippen LogP contribution in [-0.2, 0) is 5.60 Å². The number of alkyl halides is 3. The highest BCUT2D eigenvalue weighted by molar-refractivity contribution is 9.10. The van der Waals surface area contributed by atoms with Gasteiger partial charge in [-0.2, -0.15) is 13.2 Å². The molecule has 9 heteroatoms. The first-order chi connectivity index (χ1) is 11.6. The number of fused-ring (bicyclic) bond motifs is 1. The largest absolute Gasteiger partial charge is 0.496 e. The maximum atomic E-state index is 13.3. The van der Waals surface area contributed by atoms with Gasteiger partial charge in [0.1, 0.15) is 16.0 Å². The normalized spacial score (nSPS) is 14.5. The quantitative estimate of drug-likeness (QED) is 0.658. The highest BCUT2D eigenvalue weighted by Gasteiger charge is 2.53. The van der Waals surface area contributed by atoms with Crippen LogP contribution in [0.5, 0.6) is 5.75 Å². The van der Waals surface area contributed by atoms with Crippen molar-refractivity contribution in [2.24, 2.45) is 0 Å². The summed E-state index contributed by atoms with van der Waals surface area (Å²) in [7, 11) is 1.24. The van der Waals surface area contributed by atoms with Gasteiger partial charge in [-0.05, 0) is 35.0 Å². The lowest BCUT2D eigenvalue weighted by Gasteiger charge is -2.28. The van der Waals surface area contributed by atoms with Gasteiger partial charge in [-0.15, -0.1) is 0 Å². The number of nitrogens with zero attached hydrogens (tertiary/aromatic N) is 3. The number of rotatable bonds is 3. The Kier molecular flexibility index (Phi) is 4.24. The Morgan fingerprint density at radius 2 is 2.00 bits per heavy atom. The van der Waals surface area contributed by atoms with Crippen molar-refractivity contribution in [3.63, 3.8) is 0 Å². The molecular formula is C16H13BrF3N3O2. The number of aliphatic hydroxyl groups is 1. The third-order valence-electron chi connectivity index (χ3n) is 3.88. The second-order valence-corrected chi connectivity index (χ2v) is 6.36. The number of hydrogen-bond acceptors (Lipinski definition) is 4. The minimum atomic E-state index is -4.87. The SMILES string of the molecule is COc1cc2ncc(-c3cccc(Br)n3)n2cc1C(C)(O)C(F)(F)F. The van der Waals surface area contributed by atoms with Crippen LogP contribution in [0.2, 0.25) is 0 Å². The van der Waals surface area contributed by atoms with Crippen LogP contribution in [0.4, 0.5) is 13.2 Å². The molecule has 0 saturated carbocycles. The van der Waals surface area contributed by atoms with Gasteiger partial charge in [0.05, 0.1) is 30.3 Å². The summed E-state index contributed by atoms with van der Waals surface area (Å²) in [6, 6.07) is 6.54. The molecule has 1 atom stereocenters. The number of ether oxygens (including phenoxy) is 1. The monoisotopic (exact) mass is 415 g/mol. The van der Waals surface area contributed by atoms with Gasteiger partial charge in [-0.25, -0.2) is 9.97 Å². The lowest BCUT2D eigenvalue weighted by atomic mass is 9.96. The molecule has 0 fully saturated rings. The summed E-state index contributed by atoms with van der Waals surface area (Å²) in [6.45, 7) is 0.685. The molecule has 0 aromatic carbocycles. The van der Waals surface area contributed by atoms with Crippen LogP contribution in [-0.4, -0.2) is 32.8 Å². The standard InChI is InChI=1S/C16H13BrF3N3O2/c1-15(24,16(18,19)20)9-8-23-11(10-4-3-5-13(17)22-10)7-21-14(23)6-12(9)25-2/h3-8,24H,1-2H3. The minimum Gasteiger partial charge on any atom is -0.496 e. The summed E-state index contributed by atoms with van der Waals surface area (Å²) in [5, 5.41) is 10.1. The van der Waals surface area contributed by atoms with Crippen molar-refractivity contribution < 1.29 is 23.0 Å². The van der Waals surface area contributed by atoms with Crippen molar-refractivity contribution in [3.8, 4) is 17.1 Å². The molecule has 0 spiro atoms. The van der Waals surface area contributed by atoms with E-state index in [0.717, 1.165) is 0 Å². The third-order valence-corrected chi connectivity index (χ3v) is 4.32. The topological polar surface area (TPSA) is 59.7 Å². The van der Waals surface area contributed by atoms with E-state index >= 15 is 0 Å². The van der Waals surface area contributed by atoms with Crippen LogP contribution in [0.1, 0.15) is 12.5 Å². The molecule has 0 aliphatic rings. The maximum Gasteiger partial charge on any atom is 0.421 e. The van der Waals surface area contributed by atoms with Crippen molar-refractivity contribution in [3.05, 3.63) is 46.8 Å². The maximum absolute atomic E-state index is 13.3. The van der Waals surface area contributed by atoms with Crippen LogP contribution < -0.4 is 4.74 Å². The van der Waals surface area contributed by atoms with Crippen LogP contribution >= 0.6 is 15.9 Å². The Morgan fingerprint density at radius 3 is 2.60 bits per heavy atom. The Morgan fingerprint density at radius 1 is 1.28 bits per heavy atom. The predicted molar refractivity (Wildman–Crippen MR) is 88.3 cm³/mol. The summed E-state index contributed by atoms with van der Waals surface area (Å²) in [4.78, 5) is 8.47. The van der Waals surface area contributed by atoms with Crippen molar-refractivity contribution in [2.75, 3.05) is 7.11 Å². The fourth-order valence-corrected chi connectivity index (χ4v) is 2.78. The summed E-state index contributed by atoms with van der Waals surface area (Å²) in [5.41, 5.74) is -2.12. The van der Waals surface area contributed by atoms with Crippen molar-refractivity contribution >= 4 is 21.6 Å². The molecule has 0 radical (unpaired) electrons. The Hall–Kier alpha value is -2.13. The Balaban J connectivity index is 2.27. The molecule has 1 unspecified atom stereocenters. The molecule has 3 aromatic rings. The molecule has 132 valence electrons. The van der Waals surface area contributed by atoms with Gasteiger partial charge in [-0.1, -0.05) is 6.07 Å². The summed E-state index contributed by atoms with van der Waals surface area (Å²) in [6.07, 6.45) is -2.20. The van der Waals surface area contributed by atoms with E-state index in [1.54, 1.807) is 18.2 Å². The Labute approximate surface area is 149 Å². The van der Waals surface area contributed by atoms with Crippen molar-refractivity contribution in [1.29, 1.82) is 0 Å². The second kappa shape index (κ2) is 5.99. The number of pyridine rings is 2. The average Bonchev–Trinajstić information content (AvgIpc) is 2.95. The van der Waals surface area contributed by atoms with Crippen LogP contribution in [0.3, 0.4) is 0 Å². The number of imidazole rings is 1. The summed E-state index contributed by atoms with van der Waals surface area (Å²) < 4.78 is 46.9. The number of hydrogen-bond donors (Lipinski definition) is 1. The molecule has 3 rings (SSSR count). The van der Waals surface area contributed by atoms with E-state index in [0.29, 0.717) is 28.6 Å². The van der Waals surface area contributed by atoms with Gasteiger partial charge in [0.15, 0.2) is 5.60 Å². The molecule has 0 bridgehead atoms. The second-order valence-electron chi connectivity index (χ2n) is 5.54. The molecule has 3 aromatic heterocycles. The fraction of sp³-hybridized carbons (Fsp3) is 0.250. The lowest BCUT2D eigenvalue weighted by molar-refractivity contribution is -0.259. The summed E-state index contributed by atoms with van der Waals surface area (Å²) >= 11 is 3.26. The van der Waals surface area contributed by atoms with Crippen LogP contribution in [0.15, 0.2) is 41.3 Å². The zero-order valence-corrected chi connectivity index (χ0v) is 14.8. The van der Waals surface area contributed by atoms with Gasteiger partial charge in [0.25, 0.3) is 0 Å². The van der Waals surface area contributed by atoms with Gasteiger partial charge in [-0.3, -0.25) is 4.40 Å². The highest BCUT2D eigenvalue weighted by Crippen LogP contribution is 2.43. The van der Waals surface area contributed by atoms with E-state index < -0.39 is 17.3 Å². The number of aromatic nitrogens is 3. The van der Waals surface area contributed by atoms with Crippen LogP contribution in [0.25, 0.3) is 17.0 Å². The van der Waals surface area contributed by atoms with E-state index in [1.165, 1.54) is 30.0 Å². The number of methoxy groups -OCH3 is 1. The lowest BCUT2D eigenvalue weighted by Crippen LogP contribution is -2.39. The molecule has 25 heavy (non-hydrogen) atoms. The molecule has 0 aliphatic carbocycles. The van der Waals surface area contributed by atoms with Crippen LogP contribution in [0, 0.1) is 0 Å². The first-order valence-corrected chi connectivity index (χ1v) is 7.92. The molecular weight excluding hydrogens is 403 g/mol. The van der Waals surface area contributed by atoms with E-state index in [9.17, 15) is 18.3 Å². The fourth-order valence-electron chi connectivity index (χ4n) is 2.43. The zero-order chi connectivity index (χ0) is 18.4. The zero-order valence-electron chi connectivity index (χ0n) is 13.2. The summed E-state index contributed by atoms with van der Waals surface area (Å²) in [5.74, 6) is -0.103. The van der Waals surface area contributed by atoms with Gasteiger partial charge < -0.3 is 9.84 Å².